The summed E-state index contributed by atoms with van der Waals surface area (Å²) in [6.07, 6.45) is -0.713. The van der Waals surface area contributed by atoms with E-state index in [1.54, 1.807) is 18.2 Å². The number of ether oxygens (including phenoxy) is 2. The molecule has 6 nitrogen and oxygen atoms in total. The number of carbonyl (C=O) groups excluding carboxylic acids is 1. The van der Waals surface area contributed by atoms with E-state index in [0.29, 0.717) is 16.7 Å². The van der Waals surface area contributed by atoms with E-state index in [0.717, 1.165) is 6.07 Å². The summed E-state index contributed by atoms with van der Waals surface area (Å²) < 4.78 is 51.1. The predicted molar refractivity (Wildman–Crippen MR) is 115 cm³/mol. The molecule has 1 aliphatic rings. The monoisotopic (exact) mass is 459 g/mol. The molecule has 9 heteroatoms. The first kappa shape index (κ1) is 22.4. The van der Waals surface area contributed by atoms with Crippen molar-refractivity contribution in [2.24, 2.45) is 0 Å². The lowest BCUT2D eigenvalue weighted by Crippen LogP contribution is -2.23. The molecule has 0 radical (unpaired) electrons. The molecule has 1 heterocycles. The van der Waals surface area contributed by atoms with E-state index < -0.39 is 30.7 Å². The zero-order valence-electron chi connectivity index (χ0n) is 17.8. The van der Waals surface area contributed by atoms with Gasteiger partial charge in [0.05, 0.1) is 24.6 Å². The molecular weight excluding hydrogens is 439 g/mol. The van der Waals surface area contributed by atoms with Crippen LogP contribution < -0.4 is 14.4 Å². The zero-order chi connectivity index (χ0) is 23.9. The second kappa shape index (κ2) is 8.65. The van der Waals surface area contributed by atoms with Crippen LogP contribution in [0.1, 0.15) is 35.3 Å². The van der Waals surface area contributed by atoms with Crippen molar-refractivity contribution in [2.45, 2.75) is 39.5 Å². The van der Waals surface area contributed by atoms with Crippen molar-refractivity contribution in [1.29, 1.82) is 0 Å². The molecule has 1 amide bonds. The summed E-state index contributed by atoms with van der Waals surface area (Å²) in [7, 11) is 0. The first-order valence-electron chi connectivity index (χ1n) is 10.2. The fourth-order valence-corrected chi connectivity index (χ4v) is 3.97. The summed E-state index contributed by atoms with van der Waals surface area (Å²) in [6.45, 7) is 0.574. The molecule has 0 spiro atoms. The highest BCUT2D eigenvalue weighted by Gasteiger charge is 2.35. The summed E-state index contributed by atoms with van der Waals surface area (Å²) >= 11 is 0. The van der Waals surface area contributed by atoms with Gasteiger partial charge in [0.15, 0.2) is 0 Å². The Labute approximate surface area is 187 Å². The van der Waals surface area contributed by atoms with Crippen molar-refractivity contribution < 1.29 is 37.3 Å². The molecule has 0 fully saturated rings. The Morgan fingerprint density at radius 2 is 1.88 bits per heavy atom. The van der Waals surface area contributed by atoms with Crippen LogP contribution in [0.3, 0.4) is 0 Å². The molecule has 0 aliphatic carbocycles. The van der Waals surface area contributed by atoms with Gasteiger partial charge in [-0.15, -0.1) is 0 Å². The fraction of sp³-hybridized carbons (Fsp3) is 0.250. The Morgan fingerprint density at radius 3 is 2.52 bits per heavy atom. The Hall–Kier alpha value is -3.75. The van der Waals surface area contributed by atoms with Crippen LogP contribution in [0.4, 0.5) is 18.9 Å². The van der Waals surface area contributed by atoms with Crippen LogP contribution in [0.25, 0.3) is 10.8 Å². The van der Waals surface area contributed by atoms with Crippen molar-refractivity contribution >= 4 is 28.3 Å². The fourth-order valence-electron chi connectivity index (χ4n) is 3.97. The Bertz CT molecular complexity index is 1260. The van der Waals surface area contributed by atoms with Gasteiger partial charge in [0, 0.05) is 16.6 Å². The summed E-state index contributed by atoms with van der Waals surface area (Å²) in [4.78, 5) is 25.7. The van der Waals surface area contributed by atoms with E-state index >= 15 is 0 Å². The number of carboxylic acid groups (broad SMARTS) is 1. The number of anilines is 1. The number of hydrogen-bond acceptors (Lipinski definition) is 4. The van der Waals surface area contributed by atoms with E-state index in [1.807, 2.05) is 13.8 Å². The van der Waals surface area contributed by atoms with Crippen LogP contribution >= 0.6 is 0 Å². The molecule has 0 aromatic heterocycles. The van der Waals surface area contributed by atoms with E-state index in [-0.39, 0.29) is 40.6 Å². The van der Waals surface area contributed by atoms with Crippen LogP contribution in [0.5, 0.6) is 11.5 Å². The first-order valence-corrected chi connectivity index (χ1v) is 10.2. The molecule has 3 aromatic carbocycles. The molecule has 172 valence electrons. The van der Waals surface area contributed by atoms with Gasteiger partial charge in [0.25, 0.3) is 5.91 Å². The zero-order valence-corrected chi connectivity index (χ0v) is 17.8. The van der Waals surface area contributed by atoms with Crippen LogP contribution in [0.15, 0.2) is 42.5 Å². The second-order valence-electron chi connectivity index (χ2n) is 7.87. The average molecular weight is 459 g/mol. The van der Waals surface area contributed by atoms with Gasteiger partial charge in [-0.3, -0.25) is 9.59 Å². The third kappa shape index (κ3) is 4.30. The lowest BCUT2D eigenvalue weighted by atomic mass is 9.98. The van der Waals surface area contributed by atoms with Gasteiger partial charge < -0.3 is 19.5 Å². The largest absolute Gasteiger partial charge is 0.491 e. The molecule has 0 unspecified atom stereocenters. The minimum absolute atomic E-state index is 0.0164. The molecule has 33 heavy (non-hydrogen) atoms. The number of carboxylic acids is 1. The number of benzene rings is 3. The van der Waals surface area contributed by atoms with E-state index in [1.165, 1.54) is 23.1 Å². The van der Waals surface area contributed by atoms with Crippen molar-refractivity contribution in [3.8, 4) is 11.5 Å². The topological polar surface area (TPSA) is 76.1 Å². The van der Waals surface area contributed by atoms with Gasteiger partial charge >= 0.3 is 12.6 Å². The molecule has 0 bridgehead atoms. The molecule has 0 saturated heterocycles. The Kier molecular flexibility index (Phi) is 5.88. The number of carbonyl (C=O) groups is 2. The smallest absolute Gasteiger partial charge is 0.387 e. The highest BCUT2D eigenvalue weighted by molar-refractivity contribution is 6.19. The number of alkyl halides is 2. The minimum atomic E-state index is -3.08. The van der Waals surface area contributed by atoms with Crippen molar-refractivity contribution in [3.63, 3.8) is 0 Å². The predicted octanol–water partition coefficient (Wildman–Crippen LogP) is 5.16. The van der Waals surface area contributed by atoms with Crippen LogP contribution in [-0.2, 0) is 17.8 Å². The third-order valence-electron chi connectivity index (χ3n) is 5.24. The number of nitrogens with zero attached hydrogens (tertiary/aromatic N) is 1. The average Bonchev–Trinajstić information content (AvgIpc) is 3.06. The van der Waals surface area contributed by atoms with Gasteiger partial charge in [0.2, 0.25) is 0 Å². The number of amides is 1. The Balaban J connectivity index is 1.85. The lowest BCUT2D eigenvalue weighted by Gasteiger charge is -2.17. The normalized spacial score (nSPS) is 13.2. The molecule has 4 rings (SSSR count). The molecule has 0 saturated carbocycles. The van der Waals surface area contributed by atoms with Crippen LogP contribution in [0, 0.1) is 5.82 Å². The van der Waals surface area contributed by atoms with Gasteiger partial charge in [-0.1, -0.05) is 18.2 Å². The van der Waals surface area contributed by atoms with E-state index in [2.05, 4.69) is 4.74 Å². The summed E-state index contributed by atoms with van der Waals surface area (Å²) in [6, 6.07) is 10.1. The maximum atomic E-state index is 14.5. The molecule has 3 aromatic rings. The second-order valence-corrected chi connectivity index (χ2v) is 7.87. The van der Waals surface area contributed by atoms with Crippen molar-refractivity contribution in [3.05, 3.63) is 65.0 Å². The van der Waals surface area contributed by atoms with Crippen LogP contribution in [-0.4, -0.2) is 29.7 Å². The molecule has 1 N–H and O–H groups in total. The first-order chi connectivity index (χ1) is 15.7. The van der Waals surface area contributed by atoms with Gasteiger partial charge in [-0.2, -0.15) is 8.78 Å². The quantitative estimate of drug-likeness (QED) is 0.529. The third-order valence-corrected chi connectivity index (χ3v) is 5.24. The molecule has 0 atom stereocenters. The maximum absolute atomic E-state index is 14.5. The van der Waals surface area contributed by atoms with E-state index in [4.69, 9.17) is 9.84 Å². The number of hydrogen-bond donors (Lipinski definition) is 1. The van der Waals surface area contributed by atoms with Gasteiger partial charge in [0.1, 0.15) is 17.3 Å². The SMILES string of the molecule is CC(C)Oc1cc2cccc(OC(F)F)c2c2c1CN(c1ccc(CC(=O)O)c(F)c1)C2=O. The van der Waals surface area contributed by atoms with E-state index in [9.17, 15) is 22.8 Å². The maximum Gasteiger partial charge on any atom is 0.387 e. The summed E-state index contributed by atoms with van der Waals surface area (Å²) in [5.74, 6) is -2.20. The summed E-state index contributed by atoms with van der Waals surface area (Å²) in [5, 5.41) is 9.62. The van der Waals surface area contributed by atoms with Gasteiger partial charge in [-0.25, -0.2) is 4.39 Å². The highest BCUT2D eigenvalue weighted by Crippen LogP contribution is 2.43. The van der Waals surface area contributed by atoms with Crippen molar-refractivity contribution in [1.82, 2.24) is 0 Å². The highest BCUT2D eigenvalue weighted by atomic mass is 19.3. The number of aliphatic carboxylic acids is 1. The van der Waals surface area contributed by atoms with Crippen molar-refractivity contribution in [2.75, 3.05) is 4.90 Å². The summed E-state index contributed by atoms with van der Waals surface area (Å²) in [5.41, 5.74) is 0.812. The minimum Gasteiger partial charge on any atom is -0.491 e. The number of rotatable bonds is 7. The standard InChI is InChI=1S/C24H20F3NO5/c1-12(2)32-19-8-14-4-3-5-18(33-24(26)27)21(14)22-16(19)11-28(23(22)31)15-7-6-13(9-20(29)30)17(25)10-15/h3-8,10,12,24H,9,11H2,1-2H3,(H,29,30). The lowest BCUT2D eigenvalue weighted by molar-refractivity contribution is -0.136. The number of halogens is 3. The number of fused-ring (bicyclic) bond motifs is 3. The Morgan fingerprint density at radius 1 is 1.12 bits per heavy atom. The molecular formula is C24H20F3NO5. The van der Waals surface area contributed by atoms with Gasteiger partial charge in [-0.05, 0) is 49.1 Å². The molecule has 1 aliphatic heterocycles. The van der Waals surface area contributed by atoms with Crippen LogP contribution in [0.2, 0.25) is 0 Å².